The maximum Gasteiger partial charge on any atom is 0.123 e. The summed E-state index contributed by atoms with van der Waals surface area (Å²) in [5, 5.41) is 3.63. The van der Waals surface area contributed by atoms with Gasteiger partial charge in [0.05, 0.1) is 0 Å². The van der Waals surface area contributed by atoms with Gasteiger partial charge in [-0.1, -0.05) is 19.1 Å². The van der Waals surface area contributed by atoms with E-state index in [1.54, 1.807) is 0 Å². The molecule has 0 radical (unpaired) electrons. The first kappa shape index (κ1) is 14.3. The molecular weight excluding hydrogens is 265 g/mol. The first-order chi connectivity index (χ1) is 10.3. The normalized spacial score (nSPS) is 19.2. The molecule has 0 saturated heterocycles. The molecule has 2 aromatic rings. The van der Waals surface area contributed by atoms with Crippen molar-refractivity contribution in [3.63, 3.8) is 0 Å². The van der Waals surface area contributed by atoms with Crippen LogP contribution in [0.1, 0.15) is 49.5 Å². The molecule has 1 aliphatic rings. The molecule has 0 fully saturated rings. The summed E-state index contributed by atoms with van der Waals surface area (Å²) < 4.78 is 15.3. The van der Waals surface area contributed by atoms with Crippen LogP contribution in [0.5, 0.6) is 0 Å². The number of nitrogens with one attached hydrogen (secondary N) is 1. The zero-order chi connectivity index (χ0) is 14.7. The number of hydrogen-bond donors (Lipinski definition) is 1. The second-order valence-corrected chi connectivity index (χ2v) is 5.74. The number of rotatable bonds is 5. The van der Waals surface area contributed by atoms with Crippen molar-refractivity contribution >= 4 is 0 Å². The van der Waals surface area contributed by atoms with E-state index < -0.39 is 0 Å². The molecular formula is C17H22FN3. The molecule has 2 atom stereocenters. The van der Waals surface area contributed by atoms with Gasteiger partial charge in [-0.3, -0.25) is 0 Å². The van der Waals surface area contributed by atoms with Crippen molar-refractivity contribution in [2.24, 2.45) is 0 Å². The number of fused-ring (bicyclic) bond motifs is 1. The number of nitrogens with zero attached hydrogens (tertiary/aromatic N) is 2. The van der Waals surface area contributed by atoms with Crippen LogP contribution in [-0.2, 0) is 6.54 Å². The Morgan fingerprint density at radius 1 is 1.38 bits per heavy atom. The van der Waals surface area contributed by atoms with Crippen molar-refractivity contribution in [2.45, 2.75) is 44.7 Å². The number of benzene rings is 1. The van der Waals surface area contributed by atoms with Crippen molar-refractivity contribution in [1.29, 1.82) is 0 Å². The van der Waals surface area contributed by atoms with E-state index in [0.29, 0.717) is 5.92 Å². The largest absolute Gasteiger partial charge is 0.335 e. The Bertz CT molecular complexity index is 576. The van der Waals surface area contributed by atoms with Crippen LogP contribution in [0.2, 0.25) is 0 Å². The van der Waals surface area contributed by atoms with E-state index in [-0.39, 0.29) is 11.9 Å². The highest BCUT2D eigenvalue weighted by molar-refractivity contribution is 5.20. The lowest BCUT2D eigenvalue weighted by molar-refractivity contribution is 0.398. The molecule has 1 aromatic carbocycles. The number of imidazole rings is 1. The van der Waals surface area contributed by atoms with E-state index in [1.807, 2.05) is 18.3 Å². The van der Waals surface area contributed by atoms with Crippen molar-refractivity contribution < 1.29 is 4.39 Å². The Balaban J connectivity index is 1.65. The van der Waals surface area contributed by atoms with Crippen LogP contribution in [0.4, 0.5) is 4.39 Å². The predicted molar refractivity (Wildman–Crippen MR) is 81.6 cm³/mol. The third kappa shape index (κ3) is 3.16. The molecule has 0 bridgehead atoms. The van der Waals surface area contributed by atoms with Crippen LogP contribution in [0.15, 0.2) is 36.7 Å². The van der Waals surface area contributed by atoms with Gasteiger partial charge in [0.1, 0.15) is 11.6 Å². The molecule has 4 heteroatoms. The molecule has 1 N–H and O–H groups in total. The minimum Gasteiger partial charge on any atom is -0.335 e. The molecule has 3 rings (SSSR count). The van der Waals surface area contributed by atoms with E-state index in [9.17, 15) is 4.39 Å². The summed E-state index contributed by atoms with van der Waals surface area (Å²) in [6.45, 7) is 4.16. The smallest absolute Gasteiger partial charge is 0.123 e. The lowest BCUT2D eigenvalue weighted by Crippen LogP contribution is -2.29. The molecule has 0 aliphatic carbocycles. The molecule has 0 spiro atoms. The van der Waals surface area contributed by atoms with Gasteiger partial charge in [0.2, 0.25) is 0 Å². The van der Waals surface area contributed by atoms with Gasteiger partial charge in [0.15, 0.2) is 0 Å². The Hall–Kier alpha value is -1.68. The van der Waals surface area contributed by atoms with Crippen LogP contribution in [0.3, 0.4) is 0 Å². The fraction of sp³-hybridized carbons (Fsp3) is 0.471. The van der Waals surface area contributed by atoms with E-state index in [2.05, 4.69) is 28.0 Å². The van der Waals surface area contributed by atoms with E-state index >= 15 is 0 Å². The van der Waals surface area contributed by atoms with E-state index in [0.717, 1.165) is 25.1 Å². The molecule has 0 saturated carbocycles. The van der Waals surface area contributed by atoms with Crippen molar-refractivity contribution in [3.8, 4) is 0 Å². The van der Waals surface area contributed by atoms with Crippen LogP contribution in [0.25, 0.3) is 0 Å². The van der Waals surface area contributed by atoms with Gasteiger partial charge < -0.3 is 9.88 Å². The highest BCUT2D eigenvalue weighted by Gasteiger charge is 2.22. The van der Waals surface area contributed by atoms with Crippen molar-refractivity contribution in [1.82, 2.24) is 14.9 Å². The topological polar surface area (TPSA) is 29.9 Å². The highest BCUT2D eigenvalue weighted by atomic mass is 19.1. The Morgan fingerprint density at radius 3 is 2.95 bits per heavy atom. The average molecular weight is 287 g/mol. The van der Waals surface area contributed by atoms with Crippen LogP contribution in [-0.4, -0.2) is 16.1 Å². The van der Waals surface area contributed by atoms with Crippen molar-refractivity contribution in [3.05, 3.63) is 53.9 Å². The maximum absolute atomic E-state index is 13.0. The van der Waals surface area contributed by atoms with Gasteiger partial charge in [-0.25, -0.2) is 9.37 Å². The Labute approximate surface area is 125 Å². The zero-order valence-electron chi connectivity index (χ0n) is 12.4. The standard InChI is InChI=1S/C17H22FN3/c1-2-16(13-5-7-15(18)8-6-13)20-12-14-4-3-10-21-11-9-19-17(14)21/h5-9,11,14,16,20H,2-4,10,12H2,1H3/t14-,16-/m0/s1. The van der Waals surface area contributed by atoms with E-state index in [4.69, 9.17) is 0 Å². The van der Waals surface area contributed by atoms with Crippen LogP contribution in [0, 0.1) is 5.82 Å². The molecule has 112 valence electrons. The number of hydrogen-bond acceptors (Lipinski definition) is 2. The first-order valence-electron chi connectivity index (χ1n) is 7.77. The Kier molecular flexibility index (Phi) is 4.34. The summed E-state index contributed by atoms with van der Waals surface area (Å²) in [6.07, 6.45) is 7.35. The van der Waals surface area contributed by atoms with Gasteiger partial charge >= 0.3 is 0 Å². The summed E-state index contributed by atoms with van der Waals surface area (Å²) in [7, 11) is 0. The van der Waals surface area contributed by atoms with Gasteiger partial charge in [-0.05, 0) is 37.0 Å². The third-order valence-corrected chi connectivity index (χ3v) is 4.36. The second kappa shape index (κ2) is 6.39. The molecule has 1 aliphatic heterocycles. The molecule has 21 heavy (non-hydrogen) atoms. The summed E-state index contributed by atoms with van der Waals surface area (Å²) >= 11 is 0. The summed E-state index contributed by atoms with van der Waals surface area (Å²) in [5.74, 6) is 1.49. The Morgan fingerprint density at radius 2 is 2.19 bits per heavy atom. The zero-order valence-corrected chi connectivity index (χ0v) is 12.4. The highest BCUT2D eigenvalue weighted by Crippen LogP contribution is 2.26. The molecule has 1 aromatic heterocycles. The lowest BCUT2D eigenvalue weighted by Gasteiger charge is -2.26. The second-order valence-electron chi connectivity index (χ2n) is 5.74. The van der Waals surface area contributed by atoms with Crippen molar-refractivity contribution in [2.75, 3.05) is 6.54 Å². The molecule has 2 heterocycles. The number of halogens is 1. The quantitative estimate of drug-likeness (QED) is 0.910. The third-order valence-electron chi connectivity index (χ3n) is 4.36. The van der Waals surface area contributed by atoms with Gasteiger partial charge in [0.25, 0.3) is 0 Å². The minimum absolute atomic E-state index is 0.178. The van der Waals surface area contributed by atoms with Crippen LogP contribution < -0.4 is 5.32 Å². The SMILES string of the molecule is CC[C@H](NC[C@@H]1CCCn2ccnc21)c1ccc(F)cc1. The van der Waals surface area contributed by atoms with Gasteiger partial charge in [0, 0.05) is 37.4 Å². The first-order valence-corrected chi connectivity index (χ1v) is 7.77. The minimum atomic E-state index is -0.178. The fourth-order valence-corrected chi connectivity index (χ4v) is 3.18. The maximum atomic E-state index is 13.0. The van der Waals surface area contributed by atoms with Gasteiger partial charge in [-0.2, -0.15) is 0 Å². The summed E-state index contributed by atoms with van der Waals surface area (Å²) in [4.78, 5) is 4.50. The number of aromatic nitrogens is 2. The summed E-state index contributed by atoms with van der Waals surface area (Å²) in [5.41, 5.74) is 1.15. The molecule has 3 nitrogen and oxygen atoms in total. The lowest BCUT2D eigenvalue weighted by atomic mass is 9.97. The van der Waals surface area contributed by atoms with Gasteiger partial charge in [-0.15, -0.1) is 0 Å². The van der Waals surface area contributed by atoms with Crippen LogP contribution >= 0.6 is 0 Å². The van der Waals surface area contributed by atoms with E-state index in [1.165, 1.54) is 30.8 Å². The summed E-state index contributed by atoms with van der Waals surface area (Å²) in [6, 6.07) is 7.09. The molecule has 0 amide bonds. The average Bonchev–Trinajstić information content (AvgIpc) is 2.99. The molecule has 0 unspecified atom stereocenters. The predicted octanol–water partition coefficient (Wildman–Crippen LogP) is 3.64. The fourth-order valence-electron chi connectivity index (χ4n) is 3.18. The monoisotopic (exact) mass is 287 g/mol. The number of aryl methyl sites for hydroxylation is 1.